The van der Waals surface area contributed by atoms with E-state index < -0.39 is 17.4 Å². The number of aromatic nitrogens is 3. The number of ether oxygens (including phenoxy) is 1. The summed E-state index contributed by atoms with van der Waals surface area (Å²) in [6.07, 6.45) is 3.40. The van der Waals surface area contributed by atoms with Crippen molar-refractivity contribution in [1.82, 2.24) is 29.7 Å². The molecule has 1 saturated heterocycles. The predicted molar refractivity (Wildman–Crippen MR) is 216 cm³/mol. The Kier molecular flexibility index (Phi) is 11.9. The molecular formula is C41H46ClF2N9O4. The number of Topliss-reactive ketones (excluding diaryl/α,β-unsaturated/α-hetero) is 1. The second-order valence-electron chi connectivity index (χ2n) is 14.5. The Morgan fingerprint density at radius 2 is 1.77 bits per heavy atom. The molecule has 0 aliphatic carbocycles. The first-order valence-corrected chi connectivity index (χ1v) is 19.0. The van der Waals surface area contributed by atoms with Gasteiger partial charge in [-0.1, -0.05) is 36.7 Å². The number of aromatic amines is 1. The van der Waals surface area contributed by atoms with Gasteiger partial charge in [-0.2, -0.15) is 0 Å². The number of nitrogens with zero attached hydrogens (tertiary/aromatic N) is 7. The van der Waals surface area contributed by atoms with Crippen LogP contribution in [0.4, 0.5) is 14.5 Å². The van der Waals surface area contributed by atoms with E-state index in [-0.39, 0.29) is 40.2 Å². The number of aliphatic imine (C=N–C) groups is 2. The van der Waals surface area contributed by atoms with Gasteiger partial charge in [-0.3, -0.25) is 19.4 Å². The van der Waals surface area contributed by atoms with Crippen molar-refractivity contribution in [1.29, 1.82) is 0 Å². The van der Waals surface area contributed by atoms with E-state index in [1.807, 2.05) is 43.9 Å². The van der Waals surface area contributed by atoms with Gasteiger partial charge in [-0.05, 0) is 62.6 Å². The molecule has 0 radical (unpaired) electrons. The van der Waals surface area contributed by atoms with Crippen LogP contribution in [0.3, 0.4) is 0 Å². The molecule has 2 aliphatic rings. The lowest BCUT2D eigenvalue weighted by molar-refractivity contribution is -0.117. The number of nitrogens with one attached hydrogen (secondary N) is 2. The molecule has 0 saturated carbocycles. The van der Waals surface area contributed by atoms with E-state index in [9.17, 15) is 23.2 Å². The summed E-state index contributed by atoms with van der Waals surface area (Å²) < 4.78 is 34.0. The van der Waals surface area contributed by atoms with E-state index in [0.29, 0.717) is 73.3 Å². The van der Waals surface area contributed by atoms with Gasteiger partial charge in [0.05, 0.1) is 40.5 Å². The number of H-pyrrole nitrogens is 1. The molecule has 0 bridgehead atoms. The maximum atomic E-state index is 14.0. The number of alkyl halides is 2. The number of benzene rings is 2. The standard InChI is InChI=1S/C41H46ClF2N9O4/c1-8-33(37(24(2)54)51-15-17-52(18-16-51)39(56)36-35-32(13-14-46-36)47-23-48-35)53(21-34(55)50-31-12-10-28(20-30(31)42)41(6,43)44)25(3)49-38(45-7)26-9-11-29-27(19-26)22-57-40(29,4)5/h9-14,19-20,23H,8,15-18,21-22H2,1-7H3,(H,47,48)(H,50,55)/b37-33+,45-38?,49-25?. The van der Waals surface area contributed by atoms with Crippen molar-refractivity contribution in [3.8, 4) is 0 Å². The van der Waals surface area contributed by atoms with Crippen LogP contribution >= 0.6 is 11.6 Å². The molecule has 13 nitrogen and oxygen atoms in total. The van der Waals surface area contributed by atoms with Crippen molar-refractivity contribution in [3.05, 3.63) is 99.4 Å². The number of fused-ring (bicyclic) bond motifs is 2. The first-order valence-electron chi connectivity index (χ1n) is 18.6. The third-order valence-electron chi connectivity index (χ3n) is 10.2. The minimum absolute atomic E-state index is 0.0506. The monoisotopic (exact) mass is 801 g/mol. The lowest BCUT2D eigenvalue weighted by Gasteiger charge is -2.39. The van der Waals surface area contributed by atoms with Gasteiger partial charge in [0.25, 0.3) is 11.8 Å². The molecule has 0 spiro atoms. The second kappa shape index (κ2) is 16.5. The Morgan fingerprint density at radius 3 is 2.42 bits per heavy atom. The number of amides is 2. The second-order valence-corrected chi connectivity index (χ2v) is 14.9. The summed E-state index contributed by atoms with van der Waals surface area (Å²) >= 11 is 6.36. The zero-order valence-electron chi connectivity index (χ0n) is 33.0. The molecule has 1 fully saturated rings. The van der Waals surface area contributed by atoms with Gasteiger partial charge in [-0.25, -0.2) is 23.7 Å². The van der Waals surface area contributed by atoms with Crippen LogP contribution in [0.15, 0.2) is 76.4 Å². The zero-order chi connectivity index (χ0) is 41.2. The van der Waals surface area contributed by atoms with Gasteiger partial charge in [0.2, 0.25) is 5.91 Å². The van der Waals surface area contributed by atoms with Crippen LogP contribution in [0.1, 0.15) is 80.7 Å². The molecule has 2 amide bonds. The maximum Gasteiger partial charge on any atom is 0.274 e. The van der Waals surface area contributed by atoms with Crippen LogP contribution in [0, 0.1) is 0 Å². The van der Waals surface area contributed by atoms with Crippen LogP contribution in [0.25, 0.3) is 11.0 Å². The van der Waals surface area contributed by atoms with Crippen LogP contribution in [-0.2, 0) is 32.5 Å². The number of amidine groups is 2. The Bertz CT molecular complexity index is 2310. The highest BCUT2D eigenvalue weighted by Crippen LogP contribution is 2.36. The van der Waals surface area contributed by atoms with Crippen LogP contribution in [-0.4, -0.2) is 98.7 Å². The van der Waals surface area contributed by atoms with E-state index >= 15 is 0 Å². The number of carbonyl (C=O) groups excluding carboxylic acids is 3. The van der Waals surface area contributed by atoms with Crippen molar-refractivity contribution < 1.29 is 27.9 Å². The number of rotatable bonds is 10. The normalized spacial score (nSPS) is 16.4. The van der Waals surface area contributed by atoms with Crippen LogP contribution in [0.2, 0.25) is 5.02 Å². The summed E-state index contributed by atoms with van der Waals surface area (Å²) in [6.45, 7) is 11.3. The first kappa shape index (κ1) is 41.1. The van der Waals surface area contributed by atoms with E-state index in [2.05, 4.69) is 25.3 Å². The number of hydrogen-bond donors (Lipinski definition) is 2. The van der Waals surface area contributed by atoms with Crippen molar-refractivity contribution in [3.63, 3.8) is 0 Å². The van der Waals surface area contributed by atoms with Crippen molar-refractivity contribution in [2.75, 3.05) is 45.1 Å². The van der Waals surface area contributed by atoms with Crippen molar-refractivity contribution in [2.24, 2.45) is 9.98 Å². The number of pyridine rings is 1. The molecule has 4 aromatic rings. The topological polar surface area (TPSA) is 148 Å². The molecule has 6 rings (SSSR count). The average molecular weight is 802 g/mol. The molecule has 0 unspecified atom stereocenters. The van der Waals surface area contributed by atoms with Crippen LogP contribution < -0.4 is 5.32 Å². The average Bonchev–Trinajstić information content (AvgIpc) is 3.78. The Labute approximate surface area is 334 Å². The quantitative estimate of drug-likeness (QED) is 0.100. The Balaban J connectivity index is 1.33. The molecule has 0 atom stereocenters. The number of imidazole rings is 1. The van der Waals surface area contributed by atoms with Gasteiger partial charge in [0, 0.05) is 70.1 Å². The Hall–Kier alpha value is -5.54. The van der Waals surface area contributed by atoms with Gasteiger partial charge < -0.3 is 29.7 Å². The summed E-state index contributed by atoms with van der Waals surface area (Å²) in [4.78, 5) is 67.4. The molecule has 2 aromatic carbocycles. The smallest absolute Gasteiger partial charge is 0.274 e. The molecule has 4 heterocycles. The number of piperazine rings is 1. The highest BCUT2D eigenvalue weighted by atomic mass is 35.5. The van der Waals surface area contributed by atoms with Crippen molar-refractivity contribution >= 4 is 57.6 Å². The summed E-state index contributed by atoms with van der Waals surface area (Å²) in [5.41, 5.74) is 4.61. The molecule has 2 N–H and O–H groups in total. The SMILES string of the molecule is CC/C(=C(/C(C)=O)N1CCN(C(=O)c2nccc3[nH]cnc23)CC1)N(CC(=O)Nc1ccc(C(C)(F)F)cc1Cl)C(C)=NC(=NC)c1ccc2c(c1)COC2(C)C. The molecule has 57 heavy (non-hydrogen) atoms. The number of carbonyl (C=O) groups is 3. The number of ketones is 1. The molecule has 300 valence electrons. The Morgan fingerprint density at radius 1 is 1.05 bits per heavy atom. The molecule has 2 aliphatic heterocycles. The summed E-state index contributed by atoms with van der Waals surface area (Å²) in [7, 11) is 1.63. The number of halogens is 3. The largest absolute Gasteiger partial charge is 0.366 e. The first-order chi connectivity index (χ1) is 27.0. The fraction of sp³-hybridized carbons (Fsp3) is 0.390. The fourth-order valence-electron chi connectivity index (χ4n) is 7.26. The highest BCUT2D eigenvalue weighted by molar-refractivity contribution is 6.33. The predicted octanol–water partition coefficient (Wildman–Crippen LogP) is 6.89. The zero-order valence-corrected chi connectivity index (χ0v) is 33.8. The fourth-order valence-corrected chi connectivity index (χ4v) is 7.49. The van der Waals surface area contributed by atoms with Crippen LogP contribution in [0.5, 0.6) is 0 Å². The molecule has 16 heteroatoms. The maximum absolute atomic E-state index is 14.0. The minimum atomic E-state index is -3.12. The lowest BCUT2D eigenvalue weighted by Crippen LogP contribution is -2.50. The summed E-state index contributed by atoms with van der Waals surface area (Å²) in [6, 6.07) is 11.3. The van der Waals surface area contributed by atoms with Gasteiger partial charge in [-0.15, -0.1) is 0 Å². The van der Waals surface area contributed by atoms with Crippen molar-refractivity contribution in [2.45, 2.75) is 66.1 Å². The summed E-state index contributed by atoms with van der Waals surface area (Å²) in [5, 5.41) is 2.69. The van der Waals surface area contributed by atoms with Gasteiger partial charge in [0.1, 0.15) is 17.9 Å². The van der Waals surface area contributed by atoms with E-state index in [1.165, 1.54) is 25.4 Å². The summed E-state index contributed by atoms with van der Waals surface area (Å²) in [5.74, 6) is -3.38. The number of anilines is 1. The number of hydrogen-bond acceptors (Lipinski definition) is 8. The third-order valence-corrected chi connectivity index (χ3v) is 10.5. The number of allylic oxidation sites excluding steroid dienone is 2. The lowest BCUT2D eigenvalue weighted by atomic mass is 9.94. The van der Waals surface area contributed by atoms with E-state index in [1.54, 1.807) is 36.0 Å². The molecular weight excluding hydrogens is 756 g/mol. The highest BCUT2D eigenvalue weighted by Gasteiger charge is 2.33. The third kappa shape index (κ3) is 8.74. The van der Waals surface area contributed by atoms with E-state index in [4.69, 9.17) is 21.3 Å². The van der Waals surface area contributed by atoms with E-state index in [0.717, 1.165) is 29.7 Å². The van der Waals surface area contributed by atoms with Gasteiger partial charge in [0.15, 0.2) is 17.3 Å². The minimum Gasteiger partial charge on any atom is -0.366 e. The molecule has 2 aromatic heterocycles. The van der Waals surface area contributed by atoms with Gasteiger partial charge >= 0.3 is 0 Å².